The van der Waals surface area contributed by atoms with Crippen molar-refractivity contribution in [1.82, 2.24) is 9.80 Å². The van der Waals surface area contributed by atoms with Gasteiger partial charge in [0.05, 0.1) is 12.7 Å². The number of carbonyl (C=O) groups is 1. The first-order chi connectivity index (χ1) is 13.1. The fraction of sp³-hybridized carbons (Fsp3) is 0.650. The molecular weight excluding hydrogens is 348 g/mol. The first kappa shape index (κ1) is 19.9. The number of rotatable bonds is 7. The van der Waals surface area contributed by atoms with E-state index in [1.54, 1.807) is 7.11 Å². The molecule has 2 aliphatic heterocycles. The number of amides is 1. The number of hydrogen-bond acceptors (Lipinski definition) is 6. The summed E-state index contributed by atoms with van der Waals surface area (Å²) in [6.45, 7) is 4.22. The Hall–Kier alpha value is -1.83. The standard InChI is InChI=1S/C20H30N2O5/c1-25-15-19(23)22-10-8-20(24)7-9-21(13-16(20)14-22)11-12-27-18-6-4-3-5-17(18)26-2/h3-6,16,24H,7-15H2,1-2H3/t16-,20+/m0/s1. The van der Waals surface area contributed by atoms with Gasteiger partial charge in [-0.25, -0.2) is 0 Å². The Morgan fingerprint density at radius 2 is 1.93 bits per heavy atom. The molecule has 0 bridgehead atoms. The van der Waals surface area contributed by atoms with Crippen LogP contribution in [0.15, 0.2) is 24.3 Å². The predicted octanol–water partition coefficient (Wildman–Crippen LogP) is 1.01. The molecule has 1 aromatic rings. The second-order valence-corrected chi connectivity index (χ2v) is 7.37. The first-order valence-corrected chi connectivity index (χ1v) is 9.53. The van der Waals surface area contributed by atoms with Crippen LogP contribution in [-0.4, -0.2) is 86.6 Å². The van der Waals surface area contributed by atoms with Crippen LogP contribution in [0.2, 0.25) is 0 Å². The molecule has 0 radical (unpaired) electrons. The summed E-state index contributed by atoms with van der Waals surface area (Å²) in [5.41, 5.74) is -0.663. The van der Waals surface area contributed by atoms with Gasteiger partial charge in [-0.05, 0) is 25.0 Å². The van der Waals surface area contributed by atoms with Crippen LogP contribution in [0, 0.1) is 5.92 Å². The molecule has 1 aromatic carbocycles. The Bertz CT molecular complexity index is 641. The SMILES string of the molecule is COCC(=O)N1CC[C@]2(O)CCN(CCOc3ccccc3OC)C[C@H]2C1. The van der Waals surface area contributed by atoms with Gasteiger partial charge in [0, 0.05) is 45.8 Å². The van der Waals surface area contributed by atoms with Crippen molar-refractivity contribution in [2.24, 2.45) is 5.92 Å². The number of benzene rings is 1. The Kier molecular flexibility index (Phi) is 6.57. The lowest BCUT2D eigenvalue weighted by atomic mass is 9.75. The molecule has 1 N–H and O–H groups in total. The molecule has 27 heavy (non-hydrogen) atoms. The lowest BCUT2D eigenvalue weighted by Crippen LogP contribution is -2.61. The lowest BCUT2D eigenvalue weighted by Gasteiger charge is -2.50. The van der Waals surface area contributed by atoms with E-state index in [1.165, 1.54) is 7.11 Å². The van der Waals surface area contributed by atoms with Crippen molar-refractivity contribution in [3.05, 3.63) is 24.3 Å². The van der Waals surface area contributed by atoms with Crippen LogP contribution in [0.1, 0.15) is 12.8 Å². The van der Waals surface area contributed by atoms with E-state index in [9.17, 15) is 9.90 Å². The van der Waals surface area contributed by atoms with E-state index in [0.717, 1.165) is 37.6 Å². The molecule has 0 saturated carbocycles. The summed E-state index contributed by atoms with van der Waals surface area (Å²) in [4.78, 5) is 16.2. The van der Waals surface area contributed by atoms with Crippen molar-refractivity contribution in [2.75, 3.05) is 60.2 Å². The van der Waals surface area contributed by atoms with Crippen molar-refractivity contribution >= 4 is 5.91 Å². The maximum absolute atomic E-state index is 12.1. The zero-order valence-corrected chi connectivity index (χ0v) is 16.2. The summed E-state index contributed by atoms with van der Waals surface area (Å²) in [6.07, 6.45) is 1.37. The average Bonchev–Trinajstić information content (AvgIpc) is 2.68. The van der Waals surface area contributed by atoms with Crippen LogP contribution < -0.4 is 9.47 Å². The molecule has 2 saturated heterocycles. The summed E-state index contributed by atoms with van der Waals surface area (Å²) in [6, 6.07) is 7.61. The summed E-state index contributed by atoms with van der Waals surface area (Å²) in [7, 11) is 3.16. The molecule has 3 rings (SSSR count). The Morgan fingerprint density at radius 1 is 1.19 bits per heavy atom. The number of likely N-dealkylation sites (tertiary alicyclic amines) is 2. The first-order valence-electron chi connectivity index (χ1n) is 9.53. The van der Waals surface area contributed by atoms with E-state index in [0.29, 0.717) is 26.1 Å². The number of fused-ring (bicyclic) bond motifs is 1. The molecule has 0 aromatic heterocycles. The van der Waals surface area contributed by atoms with Crippen molar-refractivity contribution in [2.45, 2.75) is 18.4 Å². The third-order valence-corrected chi connectivity index (χ3v) is 5.71. The smallest absolute Gasteiger partial charge is 0.248 e. The number of para-hydroxylation sites is 2. The average molecular weight is 378 g/mol. The maximum atomic E-state index is 12.1. The molecule has 2 fully saturated rings. The minimum Gasteiger partial charge on any atom is -0.493 e. The van der Waals surface area contributed by atoms with E-state index in [-0.39, 0.29) is 18.4 Å². The van der Waals surface area contributed by atoms with Gasteiger partial charge < -0.3 is 24.2 Å². The molecule has 0 unspecified atom stereocenters. The van der Waals surface area contributed by atoms with Crippen molar-refractivity contribution in [1.29, 1.82) is 0 Å². The molecule has 7 nitrogen and oxygen atoms in total. The van der Waals surface area contributed by atoms with Crippen LogP contribution in [0.25, 0.3) is 0 Å². The largest absolute Gasteiger partial charge is 0.493 e. The number of piperidine rings is 2. The molecule has 7 heteroatoms. The van der Waals surface area contributed by atoms with Crippen LogP contribution in [-0.2, 0) is 9.53 Å². The summed E-state index contributed by atoms with van der Waals surface area (Å²) in [5.74, 6) is 1.52. The van der Waals surface area contributed by atoms with E-state index >= 15 is 0 Å². The third kappa shape index (κ3) is 4.72. The number of aliphatic hydroxyl groups is 1. The zero-order chi connectivity index (χ0) is 19.3. The van der Waals surface area contributed by atoms with Crippen molar-refractivity contribution < 1.29 is 24.1 Å². The summed E-state index contributed by atoms with van der Waals surface area (Å²) in [5, 5.41) is 11.0. The predicted molar refractivity (Wildman–Crippen MR) is 101 cm³/mol. The van der Waals surface area contributed by atoms with E-state index in [2.05, 4.69) is 4.90 Å². The highest BCUT2D eigenvalue weighted by Gasteiger charge is 2.45. The van der Waals surface area contributed by atoms with Gasteiger partial charge in [-0.2, -0.15) is 0 Å². The van der Waals surface area contributed by atoms with Gasteiger partial charge in [0.25, 0.3) is 0 Å². The van der Waals surface area contributed by atoms with Crippen LogP contribution in [0.3, 0.4) is 0 Å². The fourth-order valence-electron chi connectivity index (χ4n) is 4.04. The summed E-state index contributed by atoms with van der Waals surface area (Å²) >= 11 is 0. The normalized spacial score (nSPS) is 25.7. The Labute approximate surface area is 160 Å². The van der Waals surface area contributed by atoms with Gasteiger partial charge in [0.1, 0.15) is 13.2 Å². The van der Waals surface area contributed by atoms with Crippen LogP contribution in [0.5, 0.6) is 11.5 Å². The quantitative estimate of drug-likeness (QED) is 0.764. The second-order valence-electron chi connectivity index (χ2n) is 7.37. The Balaban J connectivity index is 1.51. The third-order valence-electron chi connectivity index (χ3n) is 5.71. The van der Waals surface area contributed by atoms with Crippen LogP contribution in [0.4, 0.5) is 0 Å². The van der Waals surface area contributed by atoms with E-state index in [1.807, 2.05) is 29.2 Å². The van der Waals surface area contributed by atoms with Gasteiger partial charge in [-0.1, -0.05) is 12.1 Å². The molecule has 2 heterocycles. The molecule has 0 aliphatic carbocycles. The Morgan fingerprint density at radius 3 is 2.67 bits per heavy atom. The van der Waals surface area contributed by atoms with Gasteiger partial charge in [0.2, 0.25) is 5.91 Å². The number of nitrogens with zero attached hydrogens (tertiary/aromatic N) is 2. The van der Waals surface area contributed by atoms with Crippen molar-refractivity contribution in [3.8, 4) is 11.5 Å². The van der Waals surface area contributed by atoms with Gasteiger partial charge in [0.15, 0.2) is 11.5 Å². The summed E-state index contributed by atoms with van der Waals surface area (Å²) < 4.78 is 16.1. The number of hydrogen-bond donors (Lipinski definition) is 1. The molecule has 150 valence electrons. The highest BCUT2D eigenvalue weighted by molar-refractivity contribution is 5.77. The van der Waals surface area contributed by atoms with Crippen molar-refractivity contribution in [3.63, 3.8) is 0 Å². The van der Waals surface area contributed by atoms with Gasteiger partial charge >= 0.3 is 0 Å². The fourth-order valence-corrected chi connectivity index (χ4v) is 4.04. The highest BCUT2D eigenvalue weighted by atomic mass is 16.5. The molecule has 0 spiro atoms. The number of methoxy groups -OCH3 is 2. The minimum atomic E-state index is -0.663. The highest BCUT2D eigenvalue weighted by Crippen LogP contribution is 2.35. The minimum absolute atomic E-state index is 0.00354. The number of ether oxygens (including phenoxy) is 3. The monoisotopic (exact) mass is 378 g/mol. The van der Waals surface area contributed by atoms with E-state index < -0.39 is 5.60 Å². The molecule has 2 atom stereocenters. The van der Waals surface area contributed by atoms with Crippen LogP contribution >= 0.6 is 0 Å². The van der Waals surface area contributed by atoms with E-state index in [4.69, 9.17) is 14.2 Å². The number of carbonyl (C=O) groups excluding carboxylic acids is 1. The maximum Gasteiger partial charge on any atom is 0.248 e. The molecular formula is C20H30N2O5. The van der Waals surface area contributed by atoms with Gasteiger partial charge in [-0.15, -0.1) is 0 Å². The molecule has 1 amide bonds. The lowest BCUT2D eigenvalue weighted by molar-refractivity contribution is -0.150. The second kappa shape index (κ2) is 8.91. The topological polar surface area (TPSA) is 71.5 Å². The zero-order valence-electron chi connectivity index (χ0n) is 16.2. The van der Waals surface area contributed by atoms with Gasteiger partial charge in [-0.3, -0.25) is 9.69 Å². The molecule has 2 aliphatic rings.